The van der Waals surface area contributed by atoms with E-state index in [0.29, 0.717) is 17.4 Å². The molecule has 0 saturated heterocycles. The predicted octanol–water partition coefficient (Wildman–Crippen LogP) is 2.79. The van der Waals surface area contributed by atoms with Crippen LogP contribution in [0.3, 0.4) is 0 Å². The van der Waals surface area contributed by atoms with Crippen molar-refractivity contribution in [2.75, 3.05) is 13.4 Å². The smallest absolute Gasteiger partial charge is 0.338 e. The molecule has 0 bridgehead atoms. The first-order valence-corrected chi connectivity index (χ1v) is 15.0. The van der Waals surface area contributed by atoms with Crippen molar-refractivity contribution >= 4 is 23.9 Å². The van der Waals surface area contributed by atoms with E-state index in [1.165, 1.54) is 20.1 Å². The average molecular weight is 540 g/mol. The number of aliphatic hydroxyl groups is 1. The molecule has 0 radical (unpaired) electrons. The highest BCUT2D eigenvalue weighted by Crippen LogP contribution is 2.30. The van der Waals surface area contributed by atoms with E-state index in [4.69, 9.17) is 9.47 Å². The van der Waals surface area contributed by atoms with Crippen LogP contribution in [0.2, 0.25) is 0 Å². The molecule has 2 aromatic rings. The van der Waals surface area contributed by atoms with Gasteiger partial charge in [0.25, 0.3) is 8.87 Å². The van der Waals surface area contributed by atoms with Crippen molar-refractivity contribution in [1.29, 1.82) is 0 Å². The lowest BCUT2D eigenvalue weighted by Gasteiger charge is -2.34. The third kappa shape index (κ3) is 7.47. The maximum absolute atomic E-state index is 13.2. The highest BCUT2D eigenvalue weighted by Gasteiger charge is 2.41. The first-order chi connectivity index (χ1) is 16.8. The number of esters is 1. The van der Waals surface area contributed by atoms with Crippen LogP contribution < -0.4 is 0 Å². The second-order valence-corrected chi connectivity index (χ2v) is 14.4. The average Bonchev–Trinajstić information content (AvgIpc) is 2.81. The highest BCUT2D eigenvalue weighted by atomic mass is 33.2. The van der Waals surface area contributed by atoms with Gasteiger partial charge in [-0.15, -0.1) is 0 Å². The van der Waals surface area contributed by atoms with Crippen LogP contribution in [0.1, 0.15) is 38.0 Å². The Labute approximate surface area is 212 Å². The molecule has 0 aliphatic rings. The number of hydrogen-bond acceptors (Lipinski definition) is 8. The Balaban J connectivity index is 2.56. The Morgan fingerprint density at radius 2 is 1.53 bits per heavy atom. The summed E-state index contributed by atoms with van der Waals surface area (Å²) in [5.41, 5.74) is 1.73. The van der Waals surface area contributed by atoms with Crippen molar-refractivity contribution in [2.45, 2.75) is 51.7 Å². The number of nitrogens with zero attached hydrogens (tertiary/aromatic N) is 1. The fraction of sp³-hybridized carbons (Fsp3) is 0.400. The minimum Gasteiger partial charge on any atom is -0.454 e. The fourth-order valence-electron chi connectivity index (χ4n) is 3.60. The molecule has 198 valence electrons. The number of benzene rings is 2. The number of allylic oxidation sites excluding steroid dienone is 1. The second-order valence-electron chi connectivity index (χ2n) is 8.59. The van der Waals surface area contributed by atoms with Gasteiger partial charge in [0.05, 0.1) is 12.3 Å². The molecule has 2 aromatic carbocycles. The Bertz CT molecular complexity index is 1240. The van der Waals surface area contributed by atoms with Gasteiger partial charge in [-0.25, -0.2) is 13.2 Å². The van der Waals surface area contributed by atoms with Crippen molar-refractivity contribution in [3.63, 3.8) is 0 Å². The van der Waals surface area contributed by atoms with Crippen LogP contribution in [0.4, 0.5) is 0 Å². The van der Waals surface area contributed by atoms with E-state index in [1.807, 2.05) is 0 Å². The SMILES string of the molecule is CO[C@H](C(=O)O[C@@H](c1ccccc1)[C@@H](C)N(Cc1ccccc1)S(=O)(=O)S(C)(=O)=O)[C@H](O)C=C(C)C. The van der Waals surface area contributed by atoms with Gasteiger partial charge in [0, 0.05) is 13.7 Å². The first-order valence-electron chi connectivity index (χ1n) is 11.2. The summed E-state index contributed by atoms with van der Waals surface area (Å²) >= 11 is 0. The van der Waals surface area contributed by atoms with Crippen LogP contribution in [0.15, 0.2) is 72.3 Å². The zero-order valence-electron chi connectivity index (χ0n) is 20.9. The molecule has 0 aliphatic heterocycles. The van der Waals surface area contributed by atoms with E-state index in [0.717, 1.165) is 9.88 Å². The van der Waals surface area contributed by atoms with Crippen LogP contribution >= 0.6 is 0 Å². The lowest BCUT2D eigenvalue weighted by molar-refractivity contribution is -0.169. The molecule has 0 aliphatic carbocycles. The van der Waals surface area contributed by atoms with E-state index in [-0.39, 0.29) is 6.54 Å². The summed E-state index contributed by atoms with van der Waals surface area (Å²) in [7, 11) is -8.19. The Hall–Kier alpha value is -2.57. The minimum atomic E-state index is -4.86. The van der Waals surface area contributed by atoms with E-state index >= 15 is 0 Å². The molecule has 9 nitrogen and oxygen atoms in total. The van der Waals surface area contributed by atoms with Crippen LogP contribution in [0, 0.1) is 0 Å². The van der Waals surface area contributed by atoms with Crippen LogP contribution in [0.5, 0.6) is 0 Å². The normalized spacial score (nSPS) is 15.5. The molecule has 0 spiro atoms. The van der Waals surface area contributed by atoms with Gasteiger partial charge in [0.1, 0.15) is 12.2 Å². The first kappa shape index (κ1) is 29.7. The molecule has 0 unspecified atom stereocenters. The maximum atomic E-state index is 13.2. The van der Waals surface area contributed by atoms with Crippen molar-refractivity contribution in [3.8, 4) is 0 Å². The van der Waals surface area contributed by atoms with Gasteiger partial charge in [-0.1, -0.05) is 72.3 Å². The summed E-state index contributed by atoms with van der Waals surface area (Å²) < 4.78 is 62.7. The molecule has 2 rings (SSSR count). The number of carbonyl (C=O) groups is 1. The lowest BCUT2D eigenvalue weighted by atomic mass is 10.0. The predicted molar refractivity (Wildman–Crippen MR) is 137 cm³/mol. The number of ether oxygens (including phenoxy) is 2. The van der Waals surface area contributed by atoms with Crippen molar-refractivity contribution in [1.82, 2.24) is 4.31 Å². The van der Waals surface area contributed by atoms with Gasteiger partial charge in [-0.3, -0.25) is 0 Å². The number of aliphatic hydroxyl groups excluding tert-OH is 1. The number of carbonyl (C=O) groups excluding carboxylic acids is 1. The Morgan fingerprint density at radius 1 is 1.00 bits per heavy atom. The zero-order chi connectivity index (χ0) is 27.1. The second kappa shape index (κ2) is 12.6. The fourth-order valence-corrected chi connectivity index (χ4v) is 6.38. The van der Waals surface area contributed by atoms with Gasteiger partial charge >= 0.3 is 15.0 Å². The van der Waals surface area contributed by atoms with Crippen LogP contribution in [-0.2, 0) is 38.7 Å². The molecular weight excluding hydrogens is 506 g/mol. The van der Waals surface area contributed by atoms with Gasteiger partial charge < -0.3 is 14.6 Å². The summed E-state index contributed by atoms with van der Waals surface area (Å²) in [4.78, 5) is 13.1. The minimum absolute atomic E-state index is 0.271. The molecular formula is C25H33NO8S2. The van der Waals surface area contributed by atoms with Crippen LogP contribution in [0.25, 0.3) is 0 Å². The summed E-state index contributed by atoms with van der Waals surface area (Å²) in [6, 6.07) is 15.7. The lowest BCUT2D eigenvalue weighted by Crippen LogP contribution is -2.46. The molecule has 0 aromatic heterocycles. The molecule has 4 atom stereocenters. The third-order valence-corrected chi connectivity index (χ3v) is 10.1. The molecule has 0 saturated carbocycles. The van der Waals surface area contributed by atoms with Crippen molar-refractivity contribution < 1.29 is 36.2 Å². The number of methoxy groups -OCH3 is 1. The molecule has 0 amide bonds. The van der Waals surface area contributed by atoms with Crippen molar-refractivity contribution in [3.05, 3.63) is 83.4 Å². The monoisotopic (exact) mass is 539 g/mol. The van der Waals surface area contributed by atoms with Gasteiger partial charge in [0.2, 0.25) is 0 Å². The third-order valence-electron chi connectivity index (χ3n) is 5.42. The summed E-state index contributed by atoms with van der Waals surface area (Å²) in [6.07, 6.45) is -1.85. The highest BCUT2D eigenvalue weighted by molar-refractivity contribution is 8.66. The largest absolute Gasteiger partial charge is 0.454 e. The van der Waals surface area contributed by atoms with E-state index in [9.17, 15) is 26.7 Å². The van der Waals surface area contributed by atoms with E-state index in [2.05, 4.69) is 0 Å². The van der Waals surface area contributed by atoms with Gasteiger partial charge in [-0.2, -0.15) is 12.7 Å². The summed E-state index contributed by atoms with van der Waals surface area (Å²) in [6.45, 7) is 4.68. The standard InChI is InChI=1S/C25H33NO8S2/c1-18(2)16-22(27)24(33-4)25(28)34-23(21-14-10-7-11-15-21)19(3)26(36(31,32)35(5,29)30)17-20-12-8-6-9-13-20/h6-16,19,22-24,27H,17H2,1-5H3/t19-,22-,23-,24+/m1/s1. The number of rotatable bonds is 12. The molecule has 0 heterocycles. The molecule has 36 heavy (non-hydrogen) atoms. The molecule has 11 heteroatoms. The molecule has 1 N–H and O–H groups in total. The maximum Gasteiger partial charge on any atom is 0.338 e. The zero-order valence-corrected chi connectivity index (χ0v) is 22.6. The van der Waals surface area contributed by atoms with Gasteiger partial charge in [-0.05, 0) is 31.9 Å². The molecule has 0 fully saturated rings. The Morgan fingerprint density at radius 3 is 2.00 bits per heavy atom. The van der Waals surface area contributed by atoms with Crippen molar-refractivity contribution in [2.24, 2.45) is 0 Å². The van der Waals surface area contributed by atoms with E-state index < -0.39 is 48.2 Å². The Kier molecular flexibility index (Phi) is 10.4. The quantitative estimate of drug-likeness (QED) is 0.248. The number of hydrogen-bond donors (Lipinski definition) is 1. The topological polar surface area (TPSA) is 127 Å². The summed E-state index contributed by atoms with van der Waals surface area (Å²) in [5.74, 6) is -0.931. The van der Waals surface area contributed by atoms with Crippen LogP contribution in [-0.4, -0.2) is 63.8 Å². The van der Waals surface area contributed by atoms with E-state index in [1.54, 1.807) is 74.5 Å². The summed E-state index contributed by atoms with van der Waals surface area (Å²) in [5, 5.41) is 10.4. The van der Waals surface area contributed by atoms with Gasteiger partial charge in [0.15, 0.2) is 6.10 Å².